The minimum Gasteiger partial charge on any atom is -0.354 e. The zero-order valence-corrected chi connectivity index (χ0v) is 24.4. The molecule has 0 aromatic carbocycles. The van der Waals surface area contributed by atoms with E-state index in [1.807, 2.05) is 41.5 Å². The molecule has 5 N–H and O–H groups in total. The van der Waals surface area contributed by atoms with Crippen molar-refractivity contribution in [2.24, 2.45) is 23.7 Å². The molecule has 0 aromatic heterocycles. The zero-order valence-electron chi connectivity index (χ0n) is 24.4. The van der Waals surface area contributed by atoms with Gasteiger partial charge in [-0.3, -0.25) is 24.1 Å². The number of carbonyl (C=O) groups is 5. The molecule has 0 fully saturated rings. The molecule has 0 saturated carbocycles. The predicted octanol–water partition coefficient (Wildman–Crippen LogP) is 1.89. The van der Waals surface area contributed by atoms with Gasteiger partial charge in [0.15, 0.2) is 0 Å². The van der Waals surface area contributed by atoms with E-state index in [0.29, 0.717) is 31.7 Å². The zero-order chi connectivity index (χ0) is 29.6. The molecular weight excluding hydrogens is 494 g/mol. The van der Waals surface area contributed by atoms with Gasteiger partial charge in [0.1, 0.15) is 12.1 Å². The van der Waals surface area contributed by atoms with Gasteiger partial charge in [-0.15, -0.1) is 0 Å². The van der Waals surface area contributed by atoms with Crippen LogP contribution < -0.4 is 21.3 Å². The van der Waals surface area contributed by atoms with E-state index in [0.717, 1.165) is 0 Å². The van der Waals surface area contributed by atoms with E-state index in [1.54, 1.807) is 6.92 Å². The van der Waals surface area contributed by atoms with Crippen molar-refractivity contribution in [2.75, 3.05) is 20.6 Å². The maximum atomic E-state index is 13.0. The van der Waals surface area contributed by atoms with E-state index in [9.17, 15) is 24.0 Å². The van der Waals surface area contributed by atoms with Gasteiger partial charge in [0.05, 0.1) is 6.42 Å². The van der Waals surface area contributed by atoms with E-state index in [4.69, 9.17) is 5.26 Å². The molecule has 0 bridgehead atoms. The van der Waals surface area contributed by atoms with Crippen molar-refractivity contribution in [2.45, 2.75) is 92.3 Å². The van der Waals surface area contributed by atoms with Crippen LogP contribution in [0.3, 0.4) is 0 Å². The highest BCUT2D eigenvalue weighted by atomic mass is 17.1. The Morgan fingerprint density at radius 1 is 0.789 bits per heavy atom. The smallest absolute Gasteiger partial charge is 0.354 e. The summed E-state index contributed by atoms with van der Waals surface area (Å²) in [6.45, 7) is 14.0. The normalized spacial score (nSPS) is 14.3. The molecule has 4 atom stereocenters. The molecule has 12 nitrogen and oxygen atoms in total. The molecule has 220 valence electrons. The Bertz CT molecular complexity index is 786. The van der Waals surface area contributed by atoms with Gasteiger partial charge < -0.3 is 26.2 Å². The second-order valence-electron chi connectivity index (χ2n) is 11.3. The fraction of sp³-hybridized carbons (Fsp3) is 0.808. The monoisotopic (exact) mass is 543 g/mol. The van der Waals surface area contributed by atoms with Gasteiger partial charge in [0.25, 0.3) is 0 Å². The molecule has 4 unspecified atom stereocenters. The minimum atomic E-state index is -1.25. The summed E-state index contributed by atoms with van der Waals surface area (Å²) in [6.07, 6.45) is -0.0696. The molecule has 0 aliphatic rings. The molecule has 0 aliphatic carbocycles. The Kier molecular flexibility index (Phi) is 16.3. The second kappa shape index (κ2) is 17.6. The maximum absolute atomic E-state index is 13.0. The van der Waals surface area contributed by atoms with Crippen LogP contribution in [0.15, 0.2) is 0 Å². The molecular formula is C26H49N5O7. The third-order valence-corrected chi connectivity index (χ3v) is 6.00. The van der Waals surface area contributed by atoms with Gasteiger partial charge in [-0.25, -0.2) is 4.79 Å². The first-order valence-corrected chi connectivity index (χ1v) is 13.3. The Balaban J connectivity index is 5.30. The topological polar surface area (TPSA) is 166 Å². The molecule has 0 heterocycles. The molecule has 38 heavy (non-hydrogen) atoms. The Morgan fingerprint density at radius 3 is 1.87 bits per heavy atom. The number of carbonyl (C=O) groups excluding carboxylic acids is 5. The average Bonchev–Trinajstić information content (AvgIpc) is 2.82. The van der Waals surface area contributed by atoms with Crippen LogP contribution in [0.1, 0.15) is 74.1 Å². The molecule has 0 spiro atoms. The summed E-state index contributed by atoms with van der Waals surface area (Å²) in [5.41, 5.74) is 0. The largest absolute Gasteiger partial charge is 0.439 e. The van der Waals surface area contributed by atoms with E-state index >= 15 is 0 Å². The Labute approximate surface area is 226 Å². The van der Waals surface area contributed by atoms with Gasteiger partial charge in [-0.1, -0.05) is 48.5 Å². The third kappa shape index (κ3) is 14.2. The SMILES string of the molecule is CC(C)CNC(=O)C(NC(=O)C(C)CCC(CC(C)C)NC(=O)C(CC(=O)N(C)C)NC(=O)OO)C(C)C. The molecule has 12 heteroatoms. The lowest BCUT2D eigenvalue weighted by molar-refractivity contribution is -0.178. The highest BCUT2D eigenvalue weighted by Gasteiger charge is 2.29. The number of nitrogens with one attached hydrogen (secondary N) is 4. The van der Waals surface area contributed by atoms with Crippen molar-refractivity contribution in [3.05, 3.63) is 0 Å². The van der Waals surface area contributed by atoms with E-state index in [1.165, 1.54) is 19.0 Å². The van der Waals surface area contributed by atoms with Crippen LogP contribution in [0.2, 0.25) is 0 Å². The minimum absolute atomic E-state index is 0.0915. The summed E-state index contributed by atoms with van der Waals surface area (Å²) < 4.78 is 0. The first-order valence-electron chi connectivity index (χ1n) is 13.3. The molecule has 0 radical (unpaired) electrons. The van der Waals surface area contributed by atoms with Crippen molar-refractivity contribution in [3.63, 3.8) is 0 Å². The van der Waals surface area contributed by atoms with Crippen molar-refractivity contribution in [1.82, 2.24) is 26.2 Å². The van der Waals surface area contributed by atoms with Crippen LogP contribution in [0.5, 0.6) is 0 Å². The van der Waals surface area contributed by atoms with Crippen molar-refractivity contribution < 1.29 is 34.1 Å². The highest BCUT2D eigenvalue weighted by Crippen LogP contribution is 2.16. The second-order valence-corrected chi connectivity index (χ2v) is 11.3. The van der Waals surface area contributed by atoms with Gasteiger partial charge in [0.2, 0.25) is 23.6 Å². The first kappa shape index (κ1) is 35.1. The van der Waals surface area contributed by atoms with Crippen molar-refractivity contribution >= 4 is 29.7 Å². The summed E-state index contributed by atoms with van der Waals surface area (Å²) in [5.74, 6) is -1.47. The highest BCUT2D eigenvalue weighted by molar-refractivity contribution is 5.91. The van der Waals surface area contributed by atoms with Crippen LogP contribution >= 0.6 is 0 Å². The Hall–Kier alpha value is -2.89. The lowest BCUT2D eigenvalue weighted by atomic mass is 9.94. The van der Waals surface area contributed by atoms with Crippen LogP contribution in [0, 0.1) is 23.7 Å². The van der Waals surface area contributed by atoms with Gasteiger partial charge in [-0.05, 0) is 37.0 Å². The van der Waals surface area contributed by atoms with E-state index in [-0.39, 0.29) is 36.1 Å². The third-order valence-electron chi connectivity index (χ3n) is 6.00. The molecule has 0 rings (SSSR count). The fourth-order valence-electron chi connectivity index (χ4n) is 3.68. The van der Waals surface area contributed by atoms with E-state index < -0.39 is 35.9 Å². The average molecular weight is 544 g/mol. The maximum Gasteiger partial charge on any atom is 0.439 e. The molecule has 0 aromatic rings. The first-order chi connectivity index (χ1) is 17.6. The number of hydrogen-bond donors (Lipinski definition) is 5. The number of rotatable bonds is 16. The summed E-state index contributed by atoms with van der Waals surface area (Å²) in [5, 5.41) is 19.4. The van der Waals surface area contributed by atoms with Gasteiger partial charge >= 0.3 is 6.09 Å². The molecule has 0 aliphatic heterocycles. The van der Waals surface area contributed by atoms with Crippen molar-refractivity contribution in [3.8, 4) is 0 Å². The number of amides is 5. The number of nitrogens with zero attached hydrogens (tertiary/aromatic N) is 1. The van der Waals surface area contributed by atoms with Crippen molar-refractivity contribution in [1.29, 1.82) is 0 Å². The van der Waals surface area contributed by atoms with Crippen LogP contribution in [0.25, 0.3) is 0 Å². The van der Waals surface area contributed by atoms with Crippen LogP contribution in [0.4, 0.5) is 4.79 Å². The standard InChI is InChI=1S/C26H49N5O7/c1-15(2)12-19(28-24(34)20(29-26(36)38-37)13-21(32)31(8)9)11-10-18(7)23(33)30-22(17(5)6)25(35)27-14-16(3)4/h15-20,22,37H,10-14H2,1-9H3,(H,27,35)(H,28,34)(H,29,36)(H,30,33). The fourth-order valence-corrected chi connectivity index (χ4v) is 3.68. The predicted molar refractivity (Wildman–Crippen MR) is 144 cm³/mol. The van der Waals surface area contributed by atoms with Gasteiger partial charge in [-0.2, -0.15) is 5.26 Å². The number of hydrogen-bond acceptors (Lipinski definition) is 7. The lowest BCUT2D eigenvalue weighted by Crippen LogP contribution is -2.52. The molecule has 5 amide bonds. The van der Waals surface area contributed by atoms with Gasteiger partial charge in [0, 0.05) is 32.6 Å². The van der Waals surface area contributed by atoms with Crippen LogP contribution in [-0.4, -0.2) is 78.6 Å². The summed E-state index contributed by atoms with van der Waals surface area (Å²) in [4.78, 5) is 67.0. The van der Waals surface area contributed by atoms with Crippen LogP contribution in [-0.2, 0) is 24.1 Å². The quantitative estimate of drug-likeness (QED) is 0.146. The summed E-state index contributed by atoms with van der Waals surface area (Å²) >= 11 is 0. The Morgan fingerprint density at radius 2 is 1.39 bits per heavy atom. The van der Waals surface area contributed by atoms with E-state index in [2.05, 4.69) is 26.2 Å². The summed E-state index contributed by atoms with van der Waals surface area (Å²) in [7, 11) is 3.04. The summed E-state index contributed by atoms with van der Waals surface area (Å²) in [6, 6.07) is -2.24. The lowest BCUT2D eigenvalue weighted by Gasteiger charge is -2.26. The molecule has 0 saturated heterocycles.